The van der Waals surface area contributed by atoms with Crippen LogP contribution in [0.4, 0.5) is 14.9 Å². The minimum atomic E-state index is -0.720. The first-order valence-corrected chi connectivity index (χ1v) is 8.32. The Labute approximate surface area is 142 Å². The van der Waals surface area contributed by atoms with Gasteiger partial charge in [0, 0.05) is 11.4 Å². The largest absolute Gasteiger partial charge is 0.336 e. The molecule has 4 nitrogen and oxygen atoms in total. The maximum absolute atomic E-state index is 14.3. The number of amides is 3. The van der Waals surface area contributed by atoms with E-state index >= 15 is 0 Å². The molecular weight excluding hydrogens is 339 g/mol. The number of halogens is 2. The predicted molar refractivity (Wildman–Crippen MR) is 87.9 cm³/mol. The van der Waals surface area contributed by atoms with Crippen LogP contribution < -0.4 is 4.90 Å². The Bertz CT molecular complexity index is 772. The SMILES string of the molecule is C#CCSc1cc(N2C(=O)C3=CCCCN3C2=O)c(F)cc1Cl. The zero-order valence-corrected chi connectivity index (χ0v) is 13.6. The molecule has 0 bridgehead atoms. The third-order valence-corrected chi connectivity index (χ3v) is 5.00. The molecule has 0 aromatic heterocycles. The fourth-order valence-electron chi connectivity index (χ4n) is 2.57. The number of thioether (sulfide) groups is 1. The zero-order valence-electron chi connectivity index (χ0n) is 12.0. The third-order valence-electron chi connectivity index (χ3n) is 3.61. The van der Waals surface area contributed by atoms with Crippen molar-refractivity contribution in [2.75, 3.05) is 17.2 Å². The molecule has 2 aliphatic rings. The number of carbonyl (C=O) groups excluding carboxylic acids is 2. The summed E-state index contributed by atoms with van der Waals surface area (Å²) in [6.07, 6.45) is 8.44. The second kappa shape index (κ2) is 6.26. The Kier molecular flexibility index (Phi) is 4.33. The number of rotatable bonds is 3. The van der Waals surface area contributed by atoms with Gasteiger partial charge in [-0.25, -0.2) is 14.1 Å². The number of fused-ring (bicyclic) bond motifs is 1. The molecule has 0 spiro atoms. The van der Waals surface area contributed by atoms with Crippen molar-refractivity contribution >= 4 is 41.0 Å². The summed E-state index contributed by atoms with van der Waals surface area (Å²) in [5, 5.41) is 0.197. The number of hydrogen-bond acceptors (Lipinski definition) is 3. The van der Waals surface area contributed by atoms with Crippen molar-refractivity contribution < 1.29 is 14.0 Å². The fraction of sp³-hybridized carbons (Fsp3) is 0.250. The first kappa shape index (κ1) is 15.9. The smallest absolute Gasteiger partial charge is 0.289 e. The molecule has 1 saturated heterocycles. The van der Waals surface area contributed by atoms with E-state index in [-0.39, 0.29) is 10.7 Å². The number of carbonyl (C=O) groups is 2. The van der Waals surface area contributed by atoms with Crippen molar-refractivity contribution in [3.63, 3.8) is 0 Å². The molecule has 0 radical (unpaired) electrons. The lowest BCUT2D eigenvalue weighted by molar-refractivity contribution is -0.114. The highest BCUT2D eigenvalue weighted by Gasteiger charge is 2.43. The Morgan fingerprint density at radius 3 is 2.87 bits per heavy atom. The second-order valence-corrected chi connectivity index (χ2v) is 6.46. The van der Waals surface area contributed by atoms with Gasteiger partial charge in [0.15, 0.2) is 0 Å². The van der Waals surface area contributed by atoms with Crippen molar-refractivity contribution in [2.24, 2.45) is 0 Å². The van der Waals surface area contributed by atoms with Gasteiger partial charge in [-0.2, -0.15) is 0 Å². The summed E-state index contributed by atoms with van der Waals surface area (Å²) in [7, 11) is 0. The van der Waals surface area contributed by atoms with Gasteiger partial charge in [-0.1, -0.05) is 23.6 Å². The molecule has 2 aliphatic heterocycles. The summed E-state index contributed by atoms with van der Waals surface area (Å²) in [5.74, 6) is 1.57. The molecule has 0 atom stereocenters. The molecule has 0 unspecified atom stereocenters. The highest BCUT2D eigenvalue weighted by Crippen LogP contribution is 2.37. The monoisotopic (exact) mass is 350 g/mol. The molecule has 0 N–H and O–H groups in total. The van der Waals surface area contributed by atoms with Gasteiger partial charge in [0.2, 0.25) is 0 Å². The van der Waals surface area contributed by atoms with E-state index in [4.69, 9.17) is 18.0 Å². The Hall–Kier alpha value is -1.97. The quantitative estimate of drug-likeness (QED) is 0.474. The highest BCUT2D eigenvalue weighted by atomic mass is 35.5. The van der Waals surface area contributed by atoms with Crippen LogP contribution in [0.25, 0.3) is 0 Å². The van der Waals surface area contributed by atoms with Gasteiger partial charge in [0.25, 0.3) is 5.91 Å². The molecule has 1 aromatic carbocycles. The standard InChI is InChI=1S/C16H12ClFN2O2S/c1-2-7-23-14-9-13(11(18)8-10(14)17)20-15(21)12-5-3-4-6-19(12)16(20)22/h1,5,8-9H,3-4,6-7H2. The minimum absolute atomic E-state index is 0.0979. The summed E-state index contributed by atoms with van der Waals surface area (Å²) in [5.41, 5.74) is 0.215. The number of urea groups is 1. The van der Waals surface area contributed by atoms with Crippen molar-refractivity contribution in [3.8, 4) is 12.3 Å². The number of terminal acetylenes is 1. The molecular formula is C16H12ClFN2O2S. The summed E-state index contributed by atoms with van der Waals surface area (Å²) in [6.45, 7) is 0.459. The highest BCUT2D eigenvalue weighted by molar-refractivity contribution is 7.99. The lowest BCUT2D eigenvalue weighted by Crippen LogP contribution is -2.34. The van der Waals surface area contributed by atoms with Crippen LogP contribution in [0.1, 0.15) is 12.8 Å². The number of benzene rings is 1. The van der Waals surface area contributed by atoms with E-state index in [1.165, 1.54) is 22.7 Å². The second-order valence-electron chi connectivity index (χ2n) is 5.03. The van der Waals surface area contributed by atoms with Crippen LogP contribution in [-0.4, -0.2) is 29.1 Å². The van der Waals surface area contributed by atoms with Crippen LogP contribution in [-0.2, 0) is 4.79 Å². The average Bonchev–Trinajstić information content (AvgIpc) is 2.79. The molecule has 3 amide bonds. The maximum atomic E-state index is 14.3. The summed E-state index contributed by atoms with van der Waals surface area (Å²) in [4.78, 5) is 27.7. The van der Waals surface area contributed by atoms with Crippen LogP contribution in [0.5, 0.6) is 0 Å². The molecule has 2 heterocycles. The van der Waals surface area contributed by atoms with E-state index in [0.29, 0.717) is 22.9 Å². The van der Waals surface area contributed by atoms with Gasteiger partial charge in [0.05, 0.1) is 16.5 Å². The molecule has 0 saturated carbocycles. The van der Waals surface area contributed by atoms with E-state index < -0.39 is 17.8 Å². The Balaban J connectivity index is 2.03. The van der Waals surface area contributed by atoms with E-state index in [2.05, 4.69) is 5.92 Å². The predicted octanol–water partition coefficient (Wildman–Crippen LogP) is 3.65. The number of anilines is 1. The van der Waals surface area contributed by atoms with Crippen LogP contribution in [0.2, 0.25) is 5.02 Å². The Morgan fingerprint density at radius 1 is 1.39 bits per heavy atom. The number of allylic oxidation sites excluding steroid dienone is 1. The molecule has 23 heavy (non-hydrogen) atoms. The summed E-state index contributed by atoms with van der Waals surface area (Å²) < 4.78 is 14.3. The normalized spacial score (nSPS) is 17.2. The number of hydrogen-bond donors (Lipinski definition) is 0. The molecule has 0 aliphatic carbocycles. The first-order valence-electron chi connectivity index (χ1n) is 6.96. The van der Waals surface area contributed by atoms with Gasteiger partial charge in [-0.3, -0.25) is 9.69 Å². The molecule has 1 aromatic rings. The first-order chi connectivity index (χ1) is 11.0. The van der Waals surface area contributed by atoms with E-state index in [9.17, 15) is 14.0 Å². The molecule has 1 fully saturated rings. The van der Waals surface area contributed by atoms with E-state index in [1.807, 2.05) is 0 Å². The van der Waals surface area contributed by atoms with Crippen LogP contribution in [0, 0.1) is 18.2 Å². The van der Waals surface area contributed by atoms with Crippen molar-refractivity contribution in [1.82, 2.24) is 4.90 Å². The van der Waals surface area contributed by atoms with Crippen molar-refractivity contribution in [1.29, 1.82) is 0 Å². The molecule has 118 valence electrons. The van der Waals surface area contributed by atoms with Gasteiger partial charge in [-0.05, 0) is 25.0 Å². The molecule has 7 heteroatoms. The van der Waals surface area contributed by atoms with E-state index in [1.54, 1.807) is 6.08 Å². The minimum Gasteiger partial charge on any atom is -0.289 e. The summed E-state index contributed by atoms with van der Waals surface area (Å²) in [6, 6.07) is 1.96. The van der Waals surface area contributed by atoms with Crippen LogP contribution in [0.3, 0.4) is 0 Å². The number of imide groups is 1. The summed E-state index contributed by atoms with van der Waals surface area (Å²) >= 11 is 7.24. The van der Waals surface area contributed by atoms with Crippen molar-refractivity contribution in [2.45, 2.75) is 17.7 Å². The molecule has 3 rings (SSSR count). The van der Waals surface area contributed by atoms with Gasteiger partial charge < -0.3 is 0 Å². The zero-order chi connectivity index (χ0) is 16.6. The van der Waals surface area contributed by atoms with Gasteiger partial charge >= 0.3 is 6.03 Å². The van der Waals surface area contributed by atoms with Crippen LogP contribution >= 0.6 is 23.4 Å². The van der Waals surface area contributed by atoms with Gasteiger partial charge in [0.1, 0.15) is 11.5 Å². The number of nitrogens with zero attached hydrogens (tertiary/aromatic N) is 2. The van der Waals surface area contributed by atoms with Gasteiger partial charge in [-0.15, -0.1) is 18.2 Å². The van der Waals surface area contributed by atoms with Crippen molar-refractivity contribution in [3.05, 3.63) is 34.7 Å². The lowest BCUT2D eigenvalue weighted by atomic mass is 10.2. The topological polar surface area (TPSA) is 40.6 Å². The lowest BCUT2D eigenvalue weighted by Gasteiger charge is -2.19. The maximum Gasteiger partial charge on any atom is 0.336 e. The average molecular weight is 351 g/mol. The Morgan fingerprint density at radius 2 is 2.17 bits per heavy atom. The fourth-order valence-corrected chi connectivity index (χ4v) is 3.52. The third kappa shape index (κ3) is 2.71. The van der Waals surface area contributed by atoms with E-state index in [0.717, 1.165) is 23.8 Å². The van der Waals surface area contributed by atoms with Crippen LogP contribution in [0.15, 0.2) is 28.8 Å².